The fourth-order valence-corrected chi connectivity index (χ4v) is 2.07. The van der Waals surface area contributed by atoms with Gasteiger partial charge >= 0.3 is 0 Å². The number of nitrogens with one attached hydrogen (secondary N) is 1. The lowest BCUT2D eigenvalue weighted by molar-refractivity contribution is -0.120. The number of carbonyl (C=O) groups excluding carboxylic acids is 1. The molecule has 1 aromatic rings. The van der Waals surface area contributed by atoms with Gasteiger partial charge in [0, 0.05) is 17.3 Å². The molecule has 3 nitrogen and oxygen atoms in total. The molecule has 1 rings (SSSR count). The number of nitrogens with two attached hydrogens (primary N) is 1. The van der Waals surface area contributed by atoms with Gasteiger partial charge in [0.05, 0.1) is 0 Å². The fraction of sp³-hybridized carbons (Fsp3) is 0.533. The van der Waals surface area contributed by atoms with Gasteiger partial charge in [-0.3, -0.25) is 4.79 Å². The van der Waals surface area contributed by atoms with E-state index < -0.39 is 0 Å². The van der Waals surface area contributed by atoms with Crippen LogP contribution in [0.4, 0.5) is 11.4 Å². The third kappa shape index (κ3) is 4.06. The normalized spacial score (nSPS) is 10.7. The van der Waals surface area contributed by atoms with Crippen molar-refractivity contribution in [1.29, 1.82) is 0 Å². The lowest BCUT2D eigenvalue weighted by Crippen LogP contribution is -2.22. The van der Waals surface area contributed by atoms with Gasteiger partial charge in [-0.2, -0.15) is 0 Å². The van der Waals surface area contributed by atoms with Crippen molar-refractivity contribution in [2.45, 2.75) is 46.5 Å². The highest BCUT2D eigenvalue weighted by Gasteiger charge is 2.16. The van der Waals surface area contributed by atoms with Crippen molar-refractivity contribution in [3.63, 3.8) is 0 Å². The average Bonchev–Trinajstić information content (AvgIpc) is 2.33. The van der Waals surface area contributed by atoms with Crippen molar-refractivity contribution in [1.82, 2.24) is 0 Å². The van der Waals surface area contributed by atoms with E-state index in [-0.39, 0.29) is 11.8 Å². The van der Waals surface area contributed by atoms with Crippen LogP contribution < -0.4 is 11.1 Å². The molecule has 18 heavy (non-hydrogen) atoms. The van der Waals surface area contributed by atoms with Crippen LogP contribution >= 0.6 is 0 Å². The van der Waals surface area contributed by atoms with E-state index in [4.69, 9.17) is 5.73 Å². The van der Waals surface area contributed by atoms with Crippen LogP contribution in [-0.4, -0.2) is 5.91 Å². The minimum absolute atomic E-state index is 0.113. The van der Waals surface area contributed by atoms with Crippen molar-refractivity contribution < 1.29 is 4.79 Å². The zero-order valence-electron chi connectivity index (χ0n) is 11.6. The van der Waals surface area contributed by atoms with Crippen LogP contribution in [0.2, 0.25) is 0 Å². The van der Waals surface area contributed by atoms with E-state index in [1.54, 1.807) is 0 Å². The summed E-state index contributed by atoms with van der Waals surface area (Å²) in [6.07, 6.45) is 3.96. The van der Waals surface area contributed by atoms with E-state index in [1.807, 2.05) is 25.1 Å². The summed E-state index contributed by atoms with van der Waals surface area (Å²) < 4.78 is 0. The number of hydrogen-bond acceptors (Lipinski definition) is 2. The maximum absolute atomic E-state index is 12.1. The smallest absolute Gasteiger partial charge is 0.227 e. The lowest BCUT2D eigenvalue weighted by Gasteiger charge is -2.15. The Labute approximate surface area is 110 Å². The minimum atomic E-state index is 0.113. The number of rotatable bonds is 6. The predicted octanol–water partition coefficient (Wildman–Crippen LogP) is 3.73. The molecule has 100 valence electrons. The molecule has 0 aliphatic carbocycles. The summed E-state index contributed by atoms with van der Waals surface area (Å²) in [5.41, 5.74) is 8.38. The number of benzene rings is 1. The highest BCUT2D eigenvalue weighted by molar-refractivity contribution is 5.93. The molecule has 0 spiro atoms. The topological polar surface area (TPSA) is 55.1 Å². The highest BCUT2D eigenvalue weighted by atomic mass is 16.1. The van der Waals surface area contributed by atoms with Crippen molar-refractivity contribution in [3.8, 4) is 0 Å². The van der Waals surface area contributed by atoms with Crippen LogP contribution in [0.15, 0.2) is 18.2 Å². The number of anilines is 2. The molecule has 0 atom stereocenters. The van der Waals surface area contributed by atoms with E-state index in [2.05, 4.69) is 19.2 Å². The maximum atomic E-state index is 12.1. The second-order valence-electron chi connectivity index (χ2n) is 4.83. The van der Waals surface area contributed by atoms with Crippen LogP contribution in [0.25, 0.3) is 0 Å². The predicted molar refractivity (Wildman–Crippen MR) is 77.5 cm³/mol. The van der Waals surface area contributed by atoms with Gasteiger partial charge in [0.2, 0.25) is 5.91 Å². The van der Waals surface area contributed by atoms with Gasteiger partial charge in [0.15, 0.2) is 0 Å². The Bertz CT molecular complexity index is 395. The van der Waals surface area contributed by atoms with Crippen LogP contribution in [0, 0.1) is 12.8 Å². The van der Waals surface area contributed by atoms with Gasteiger partial charge in [-0.1, -0.05) is 32.8 Å². The first kappa shape index (κ1) is 14.6. The summed E-state index contributed by atoms with van der Waals surface area (Å²) in [5.74, 6) is 0.226. The second-order valence-corrected chi connectivity index (χ2v) is 4.83. The Morgan fingerprint density at radius 3 is 2.39 bits per heavy atom. The number of carbonyl (C=O) groups is 1. The largest absolute Gasteiger partial charge is 0.398 e. The molecule has 0 fully saturated rings. The molecule has 3 heteroatoms. The molecule has 0 aliphatic rings. The zero-order chi connectivity index (χ0) is 13.5. The third-order valence-corrected chi connectivity index (χ3v) is 3.19. The summed E-state index contributed by atoms with van der Waals surface area (Å²) in [6.45, 7) is 6.18. The Morgan fingerprint density at radius 2 is 1.89 bits per heavy atom. The van der Waals surface area contributed by atoms with Gasteiger partial charge in [0.25, 0.3) is 0 Å². The SMILES string of the molecule is CCCC(CCC)C(=O)Nc1ccc(C)c(N)c1. The first-order valence-electron chi connectivity index (χ1n) is 6.75. The molecule has 1 aromatic carbocycles. The molecule has 0 radical (unpaired) electrons. The van der Waals surface area contributed by atoms with Crippen molar-refractivity contribution >= 4 is 17.3 Å². The third-order valence-electron chi connectivity index (χ3n) is 3.19. The van der Waals surface area contributed by atoms with Crippen LogP contribution in [-0.2, 0) is 4.79 Å². The van der Waals surface area contributed by atoms with Gasteiger partial charge in [-0.05, 0) is 37.5 Å². The molecule has 0 saturated heterocycles. The van der Waals surface area contributed by atoms with Crippen LogP contribution in [0.3, 0.4) is 0 Å². The van der Waals surface area contributed by atoms with Crippen LogP contribution in [0.1, 0.15) is 45.1 Å². The van der Waals surface area contributed by atoms with E-state index in [1.165, 1.54) is 0 Å². The quantitative estimate of drug-likeness (QED) is 0.754. The molecule has 0 saturated carbocycles. The molecule has 0 unspecified atom stereocenters. The van der Waals surface area contributed by atoms with Crippen molar-refractivity contribution in [2.24, 2.45) is 5.92 Å². The molecule has 0 aromatic heterocycles. The molecule has 3 N–H and O–H groups in total. The molecule has 0 aliphatic heterocycles. The maximum Gasteiger partial charge on any atom is 0.227 e. The molecule has 1 amide bonds. The Kier molecular flexibility index (Phi) is 5.69. The van der Waals surface area contributed by atoms with E-state index in [0.29, 0.717) is 0 Å². The number of hydrogen-bond donors (Lipinski definition) is 2. The Balaban J connectivity index is 2.69. The molecule has 0 heterocycles. The average molecular weight is 248 g/mol. The lowest BCUT2D eigenvalue weighted by atomic mass is 9.97. The summed E-state index contributed by atoms with van der Waals surface area (Å²) in [6, 6.07) is 5.65. The summed E-state index contributed by atoms with van der Waals surface area (Å²) in [5, 5.41) is 2.96. The summed E-state index contributed by atoms with van der Waals surface area (Å²) in [7, 11) is 0. The Morgan fingerprint density at radius 1 is 1.28 bits per heavy atom. The fourth-order valence-electron chi connectivity index (χ4n) is 2.07. The molecule has 0 bridgehead atoms. The minimum Gasteiger partial charge on any atom is -0.398 e. The second kappa shape index (κ2) is 7.04. The molecular weight excluding hydrogens is 224 g/mol. The van der Waals surface area contributed by atoms with Gasteiger partial charge in [-0.15, -0.1) is 0 Å². The standard InChI is InChI=1S/C15H24N2O/c1-4-6-12(7-5-2)15(18)17-13-9-8-11(3)14(16)10-13/h8-10,12H,4-7,16H2,1-3H3,(H,17,18). The highest BCUT2D eigenvalue weighted by Crippen LogP contribution is 2.20. The summed E-state index contributed by atoms with van der Waals surface area (Å²) in [4.78, 5) is 12.1. The summed E-state index contributed by atoms with van der Waals surface area (Å²) >= 11 is 0. The van der Waals surface area contributed by atoms with Gasteiger partial charge in [-0.25, -0.2) is 0 Å². The number of amides is 1. The van der Waals surface area contributed by atoms with Gasteiger partial charge < -0.3 is 11.1 Å². The van der Waals surface area contributed by atoms with E-state index in [0.717, 1.165) is 42.6 Å². The van der Waals surface area contributed by atoms with Crippen LogP contribution in [0.5, 0.6) is 0 Å². The Hall–Kier alpha value is -1.51. The number of aryl methyl sites for hydroxylation is 1. The molecular formula is C15H24N2O. The van der Waals surface area contributed by atoms with Crippen molar-refractivity contribution in [2.75, 3.05) is 11.1 Å². The first-order chi connectivity index (χ1) is 8.58. The first-order valence-corrected chi connectivity index (χ1v) is 6.75. The van der Waals surface area contributed by atoms with Gasteiger partial charge in [0.1, 0.15) is 0 Å². The zero-order valence-corrected chi connectivity index (χ0v) is 11.6. The van der Waals surface area contributed by atoms with Crippen molar-refractivity contribution in [3.05, 3.63) is 23.8 Å². The van der Waals surface area contributed by atoms with E-state index in [9.17, 15) is 4.79 Å². The van der Waals surface area contributed by atoms with E-state index >= 15 is 0 Å². The monoisotopic (exact) mass is 248 g/mol. The number of nitrogen functional groups attached to an aromatic ring is 1.